The first kappa shape index (κ1) is 12.8. The zero-order valence-corrected chi connectivity index (χ0v) is 11.9. The summed E-state index contributed by atoms with van der Waals surface area (Å²) in [6.07, 6.45) is 3.44. The zero-order chi connectivity index (χ0) is 12.1. The van der Waals surface area contributed by atoms with Gasteiger partial charge in [0.05, 0.1) is 5.56 Å². The zero-order valence-electron chi connectivity index (χ0n) is 9.69. The highest BCUT2D eigenvalue weighted by Gasteiger charge is 2.11. The lowest BCUT2D eigenvalue weighted by molar-refractivity contribution is 0.111. The van der Waals surface area contributed by atoms with Gasteiger partial charge in [0.25, 0.3) is 0 Å². The number of benzene rings is 1. The Bertz CT molecular complexity index is 389. The Balaban J connectivity index is 1.87. The second-order valence-electron chi connectivity index (χ2n) is 4.20. The van der Waals surface area contributed by atoms with Gasteiger partial charge < -0.3 is 4.74 Å². The molecular formula is C13H16INO2. The monoisotopic (exact) mass is 345 g/mol. The number of carbonyl (C=O) groups excluding carboxylic acids is 1. The molecule has 1 heterocycles. The number of ether oxygens (including phenoxy) is 1. The van der Waals surface area contributed by atoms with Crippen molar-refractivity contribution in [3.63, 3.8) is 0 Å². The minimum absolute atomic E-state index is 0.637. The van der Waals surface area contributed by atoms with Crippen molar-refractivity contribution in [1.82, 2.24) is 4.90 Å². The quantitative estimate of drug-likeness (QED) is 0.607. The summed E-state index contributed by atoms with van der Waals surface area (Å²) in [7, 11) is 0. The van der Waals surface area contributed by atoms with Crippen LogP contribution in [-0.2, 0) is 0 Å². The van der Waals surface area contributed by atoms with Gasteiger partial charge in [-0.15, -0.1) is 0 Å². The van der Waals surface area contributed by atoms with Crippen molar-refractivity contribution >= 4 is 28.9 Å². The first-order valence-corrected chi connectivity index (χ1v) is 6.97. The van der Waals surface area contributed by atoms with Crippen molar-refractivity contribution in [3.05, 3.63) is 27.3 Å². The van der Waals surface area contributed by atoms with E-state index in [0.717, 1.165) is 16.4 Å². The van der Waals surface area contributed by atoms with Crippen LogP contribution in [0.3, 0.4) is 0 Å². The largest absolute Gasteiger partial charge is 0.492 e. The molecule has 1 fully saturated rings. The summed E-state index contributed by atoms with van der Waals surface area (Å²) >= 11 is 2.19. The second-order valence-corrected chi connectivity index (χ2v) is 5.44. The maximum absolute atomic E-state index is 10.9. The number of likely N-dealkylation sites (tertiary alicyclic amines) is 1. The van der Waals surface area contributed by atoms with E-state index in [4.69, 9.17) is 4.74 Å². The van der Waals surface area contributed by atoms with Crippen LogP contribution in [0.2, 0.25) is 0 Å². The van der Waals surface area contributed by atoms with Crippen molar-refractivity contribution < 1.29 is 9.53 Å². The molecule has 1 aromatic rings. The summed E-state index contributed by atoms with van der Waals surface area (Å²) in [6, 6.07) is 5.67. The predicted molar refractivity (Wildman–Crippen MR) is 75.7 cm³/mol. The van der Waals surface area contributed by atoms with E-state index >= 15 is 0 Å². The topological polar surface area (TPSA) is 29.5 Å². The minimum atomic E-state index is 0.637. The van der Waals surface area contributed by atoms with Gasteiger partial charge in [0, 0.05) is 10.1 Å². The van der Waals surface area contributed by atoms with Gasteiger partial charge in [-0.05, 0) is 66.7 Å². The van der Waals surface area contributed by atoms with E-state index in [0.29, 0.717) is 17.9 Å². The highest BCUT2D eigenvalue weighted by Crippen LogP contribution is 2.19. The molecule has 0 bridgehead atoms. The van der Waals surface area contributed by atoms with Gasteiger partial charge in [-0.25, -0.2) is 0 Å². The average molecular weight is 345 g/mol. The maximum Gasteiger partial charge on any atom is 0.153 e. The SMILES string of the molecule is O=Cc1cc(I)ccc1OCCN1CCCC1. The molecule has 0 amide bonds. The molecule has 17 heavy (non-hydrogen) atoms. The van der Waals surface area contributed by atoms with Gasteiger partial charge in [-0.3, -0.25) is 9.69 Å². The van der Waals surface area contributed by atoms with Crippen molar-refractivity contribution in [1.29, 1.82) is 0 Å². The minimum Gasteiger partial charge on any atom is -0.492 e. The number of halogens is 1. The number of carbonyl (C=O) groups is 1. The van der Waals surface area contributed by atoms with E-state index in [9.17, 15) is 4.79 Å². The normalized spacial score (nSPS) is 16.1. The van der Waals surface area contributed by atoms with E-state index < -0.39 is 0 Å². The molecule has 1 aliphatic rings. The van der Waals surface area contributed by atoms with Crippen molar-refractivity contribution in [2.24, 2.45) is 0 Å². The third-order valence-corrected chi connectivity index (χ3v) is 3.63. The van der Waals surface area contributed by atoms with Gasteiger partial charge in [0.15, 0.2) is 6.29 Å². The highest BCUT2D eigenvalue weighted by molar-refractivity contribution is 14.1. The summed E-state index contributed by atoms with van der Waals surface area (Å²) in [4.78, 5) is 13.3. The number of aldehydes is 1. The van der Waals surface area contributed by atoms with Crippen molar-refractivity contribution in [2.45, 2.75) is 12.8 Å². The van der Waals surface area contributed by atoms with Crippen LogP contribution in [0.1, 0.15) is 23.2 Å². The lowest BCUT2D eigenvalue weighted by atomic mass is 10.2. The summed E-state index contributed by atoms with van der Waals surface area (Å²) in [5.41, 5.74) is 0.637. The molecule has 0 aromatic heterocycles. The van der Waals surface area contributed by atoms with Crippen LogP contribution in [0.4, 0.5) is 0 Å². The molecule has 0 atom stereocenters. The van der Waals surface area contributed by atoms with Crippen LogP contribution in [-0.4, -0.2) is 37.4 Å². The Labute approximate surface area is 115 Å². The molecule has 2 rings (SSSR count). The molecule has 3 nitrogen and oxygen atoms in total. The molecule has 0 saturated carbocycles. The Hall–Kier alpha value is -0.620. The Kier molecular flexibility index (Phi) is 4.79. The van der Waals surface area contributed by atoms with E-state index in [2.05, 4.69) is 27.5 Å². The van der Waals surface area contributed by atoms with Gasteiger partial charge in [0.1, 0.15) is 12.4 Å². The smallest absolute Gasteiger partial charge is 0.153 e. The summed E-state index contributed by atoms with van der Waals surface area (Å²) in [5, 5.41) is 0. The van der Waals surface area contributed by atoms with E-state index in [1.807, 2.05) is 18.2 Å². The van der Waals surface area contributed by atoms with Crippen molar-refractivity contribution in [2.75, 3.05) is 26.2 Å². The lowest BCUT2D eigenvalue weighted by Gasteiger charge is -2.15. The predicted octanol–water partition coefficient (Wildman–Crippen LogP) is 2.58. The number of hydrogen-bond donors (Lipinski definition) is 0. The Morgan fingerprint density at radius 2 is 2.12 bits per heavy atom. The summed E-state index contributed by atoms with van der Waals surface area (Å²) in [5.74, 6) is 0.694. The fourth-order valence-corrected chi connectivity index (χ4v) is 2.55. The van der Waals surface area contributed by atoms with Crippen LogP contribution in [0, 0.1) is 3.57 Å². The fraction of sp³-hybridized carbons (Fsp3) is 0.462. The van der Waals surface area contributed by atoms with Crippen LogP contribution in [0.25, 0.3) is 0 Å². The van der Waals surface area contributed by atoms with Gasteiger partial charge >= 0.3 is 0 Å². The van der Waals surface area contributed by atoms with Crippen molar-refractivity contribution in [3.8, 4) is 5.75 Å². The van der Waals surface area contributed by atoms with Gasteiger partial charge in [0.2, 0.25) is 0 Å². The van der Waals surface area contributed by atoms with E-state index in [1.54, 1.807) is 0 Å². The molecule has 0 radical (unpaired) electrons. The molecule has 0 unspecified atom stereocenters. The molecule has 1 saturated heterocycles. The standard InChI is InChI=1S/C13H16INO2/c14-12-3-4-13(11(9-12)10-16)17-8-7-15-5-1-2-6-15/h3-4,9-10H,1-2,5-8H2. The van der Waals surface area contributed by atoms with Gasteiger partial charge in [-0.1, -0.05) is 0 Å². The van der Waals surface area contributed by atoms with E-state index in [-0.39, 0.29) is 0 Å². The fourth-order valence-electron chi connectivity index (χ4n) is 2.03. The molecule has 0 spiro atoms. The summed E-state index contributed by atoms with van der Waals surface area (Å²) < 4.78 is 6.72. The first-order valence-electron chi connectivity index (χ1n) is 5.89. The Morgan fingerprint density at radius 1 is 1.35 bits per heavy atom. The van der Waals surface area contributed by atoms with Crippen LogP contribution in [0.15, 0.2) is 18.2 Å². The number of nitrogens with zero attached hydrogens (tertiary/aromatic N) is 1. The lowest BCUT2D eigenvalue weighted by Crippen LogP contribution is -2.25. The molecule has 1 aliphatic heterocycles. The number of rotatable bonds is 5. The summed E-state index contributed by atoms with van der Waals surface area (Å²) in [6.45, 7) is 3.96. The third-order valence-electron chi connectivity index (χ3n) is 2.96. The van der Waals surface area contributed by atoms with Crippen LogP contribution >= 0.6 is 22.6 Å². The average Bonchev–Trinajstić information content (AvgIpc) is 2.84. The maximum atomic E-state index is 10.9. The van der Waals surface area contributed by atoms with E-state index in [1.165, 1.54) is 25.9 Å². The molecule has 1 aromatic carbocycles. The molecule has 0 N–H and O–H groups in total. The van der Waals surface area contributed by atoms with Crippen LogP contribution < -0.4 is 4.74 Å². The highest BCUT2D eigenvalue weighted by atomic mass is 127. The molecule has 92 valence electrons. The third kappa shape index (κ3) is 3.67. The molecule has 0 aliphatic carbocycles. The first-order chi connectivity index (χ1) is 8.29. The van der Waals surface area contributed by atoms with Crippen LogP contribution in [0.5, 0.6) is 5.75 Å². The molecule has 4 heteroatoms. The second kappa shape index (κ2) is 6.35. The Morgan fingerprint density at radius 3 is 2.82 bits per heavy atom. The number of hydrogen-bond acceptors (Lipinski definition) is 3. The molecular weight excluding hydrogens is 329 g/mol. The van der Waals surface area contributed by atoms with Gasteiger partial charge in [-0.2, -0.15) is 0 Å².